The van der Waals surface area contributed by atoms with E-state index in [0.29, 0.717) is 12.1 Å². The molecule has 3 rings (SSSR count). The van der Waals surface area contributed by atoms with Crippen LogP contribution < -0.4 is 10.7 Å². The van der Waals surface area contributed by atoms with Crippen molar-refractivity contribution in [3.8, 4) is 0 Å². The van der Waals surface area contributed by atoms with Crippen LogP contribution in [0.25, 0.3) is 0 Å². The van der Waals surface area contributed by atoms with Gasteiger partial charge in [-0.3, -0.25) is 10.2 Å². The SMILES string of the molecule is CC1(C)CC12NC(=O)N(Nc1ccc(Br)cc1)C2=O. The zero-order valence-corrected chi connectivity index (χ0v) is 12.2. The summed E-state index contributed by atoms with van der Waals surface area (Å²) in [6.45, 7) is 3.96. The number of urea groups is 1. The lowest BCUT2D eigenvalue weighted by Gasteiger charge is -2.16. The van der Waals surface area contributed by atoms with Gasteiger partial charge in [-0.05, 0) is 36.1 Å². The van der Waals surface area contributed by atoms with Gasteiger partial charge in [0.2, 0.25) is 0 Å². The molecule has 1 heterocycles. The van der Waals surface area contributed by atoms with E-state index in [1.165, 1.54) is 0 Å². The molecule has 2 N–H and O–H groups in total. The van der Waals surface area contributed by atoms with Gasteiger partial charge < -0.3 is 5.32 Å². The molecule has 19 heavy (non-hydrogen) atoms. The summed E-state index contributed by atoms with van der Waals surface area (Å²) in [5.41, 5.74) is 2.66. The van der Waals surface area contributed by atoms with Crippen LogP contribution in [-0.4, -0.2) is 22.5 Å². The third-order valence-corrected chi connectivity index (χ3v) is 4.44. The first-order valence-electron chi connectivity index (χ1n) is 6.05. The van der Waals surface area contributed by atoms with Gasteiger partial charge in [-0.2, -0.15) is 5.01 Å². The van der Waals surface area contributed by atoms with Crippen LogP contribution in [0.15, 0.2) is 28.7 Å². The van der Waals surface area contributed by atoms with Gasteiger partial charge in [-0.25, -0.2) is 4.79 Å². The molecule has 1 aromatic carbocycles. The molecule has 1 spiro atoms. The average Bonchev–Trinajstić information content (AvgIpc) is 2.81. The molecule has 1 aromatic rings. The van der Waals surface area contributed by atoms with Crippen molar-refractivity contribution >= 4 is 33.6 Å². The van der Waals surface area contributed by atoms with E-state index in [-0.39, 0.29) is 11.3 Å². The van der Waals surface area contributed by atoms with Gasteiger partial charge in [-0.1, -0.05) is 29.8 Å². The van der Waals surface area contributed by atoms with Crippen molar-refractivity contribution in [2.24, 2.45) is 5.41 Å². The second-order valence-electron chi connectivity index (χ2n) is 5.66. The molecule has 2 fully saturated rings. The van der Waals surface area contributed by atoms with E-state index in [9.17, 15) is 9.59 Å². The smallest absolute Gasteiger partial charge is 0.321 e. The van der Waals surface area contributed by atoms with Crippen LogP contribution in [0.1, 0.15) is 20.3 Å². The number of nitrogens with one attached hydrogen (secondary N) is 2. The Morgan fingerprint density at radius 3 is 2.32 bits per heavy atom. The maximum atomic E-state index is 12.4. The van der Waals surface area contributed by atoms with Gasteiger partial charge >= 0.3 is 6.03 Å². The lowest BCUT2D eigenvalue weighted by atomic mass is 10.1. The highest BCUT2D eigenvalue weighted by Gasteiger charge is 2.72. The summed E-state index contributed by atoms with van der Waals surface area (Å²) in [4.78, 5) is 24.3. The molecule has 1 aliphatic carbocycles. The van der Waals surface area contributed by atoms with E-state index in [0.717, 1.165) is 9.48 Å². The van der Waals surface area contributed by atoms with Crippen molar-refractivity contribution in [2.45, 2.75) is 25.8 Å². The van der Waals surface area contributed by atoms with E-state index < -0.39 is 11.6 Å². The summed E-state index contributed by atoms with van der Waals surface area (Å²) in [5, 5.41) is 3.86. The molecule has 3 amide bonds. The Morgan fingerprint density at radius 1 is 1.26 bits per heavy atom. The number of carbonyl (C=O) groups excluding carboxylic acids is 2. The molecule has 100 valence electrons. The van der Waals surface area contributed by atoms with Crippen LogP contribution in [0, 0.1) is 5.41 Å². The Hall–Kier alpha value is -1.56. The molecule has 5 nitrogen and oxygen atoms in total. The first-order chi connectivity index (χ1) is 8.86. The minimum absolute atomic E-state index is 0.171. The molecular weight excluding hydrogens is 310 g/mol. The monoisotopic (exact) mass is 323 g/mol. The predicted octanol–water partition coefficient (Wildman–Crippen LogP) is 2.50. The molecular formula is C13H14BrN3O2. The van der Waals surface area contributed by atoms with Crippen molar-refractivity contribution < 1.29 is 9.59 Å². The molecule has 0 radical (unpaired) electrons. The highest BCUT2D eigenvalue weighted by Crippen LogP contribution is 2.58. The van der Waals surface area contributed by atoms with Gasteiger partial charge in [0.1, 0.15) is 5.54 Å². The van der Waals surface area contributed by atoms with Crippen LogP contribution in [-0.2, 0) is 4.79 Å². The maximum absolute atomic E-state index is 12.4. The summed E-state index contributed by atoms with van der Waals surface area (Å²) >= 11 is 3.34. The zero-order chi connectivity index (χ0) is 13.8. The number of imide groups is 1. The van der Waals surface area contributed by atoms with E-state index >= 15 is 0 Å². The van der Waals surface area contributed by atoms with Crippen molar-refractivity contribution in [3.63, 3.8) is 0 Å². The minimum atomic E-state index is -0.716. The molecule has 1 unspecified atom stereocenters. The van der Waals surface area contributed by atoms with Gasteiger partial charge in [0.05, 0.1) is 5.69 Å². The Bertz CT molecular complexity index is 570. The molecule has 1 saturated carbocycles. The predicted molar refractivity (Wildman–Crippen MR) is 74.3 cm³/mol. The van der Waals surface area contributed by atoms with Crippen LogP contribution in [0.3, 0.4) is 0 Å². The third kappa shape index (κ3) is 1.74. The maximum Gasteiger partial charge on any atom is 0.344 e. The number of hydrogen-bond acceptors (Lipinski definition) is 3. The molecule has 6 heteroatoms. The fraction of sp³-hybridized carbons (Fsp3) is 0.385. The second kappa shape index (κ2) is 3.72. The normalized spacial score (nSPS) is 27.6. The summed E-state index contributed by atoms with van der Waals surface area (Å²) in [7, 11) is 0. The molecule has 1 aliphatic heterocycles. The summed E-state index contributed by atoms with van der Waals surface area (Å²) < 4.78 is 0.940. The van der Waals surface area contributed by atoms with E-state index in [1.807, 2.05) is 26.0 Å². The Morgan fingerprint density at radius 2 is 1.84 bits per heavy atom. The van der Waals surface area contributed by atoms with Crippen LogP contribution in [0.5, 0.6) is 0 Å². The Labute approximate surface area is 119 Å². The molecule has 0 aromatic heterocycles. The van der Waals surface area contributed by atoms with Gasteiger partial charge in [-0.15, -0.1) is 0 Å². The first kappa shape index (κ1) is 12.5. The fourth-order valence-electron chi connectivity index (χ4n) is 2.53. The number of rotatable bonds is 2. The van der Waals surface area contributed by atoms with Gasteiger partial charge in [0.15, 0.2) is 0 Å². The Balaban J connectivity index is 1.81. The first-order valence-corrected chi connectivity index (χ1v) is 6.84. The number of hydrogen-bond donors (Lipinski definition) is 2. The number of halogens is 1. The van der Waals surface area contributed by atoms with E-state index in [2.05, 4.69) is 26.7 Å². The number of anilines is 1. The number of carbonyl (C=O) groups is 2. The number of benzene rings is 1. The summed E-state index contributed by atoms with van der Waals surface area (Å²) in [6, 6.07) is 6.90. The standard InChI is InChI=1S/C13H14BrN3O2/c1-12(2)7-13(12)10(18)17(11(19)15-13)16-9-5-3-8(14)4-6-9/h3-6,16H,7H2,1-2H3,(H,15,19). The average molecular weight is 324 g/mol. The molecule has 1 atom stereocenters. The van der Waals surface area contributed by atoms with Crippen molar-refractivity contribution in [1.82, 2.24) is 10.3 Å². The summed E-state index contributed by atoms with van der Waals surface area (Å²) in [5.74, 6) is -0.203. The fourth-order valence-corrected chi connectivity index (χ4v) is 2.79. The third-order valence-electron chi connectivity index (χ3n) is 3.91. The Kier molecular flexibility index (Phi) is 2.44. The van der Waals surface area contributed by atoms with Gasteiger partial charge in [0, 0.05) is 4.47 Å². The topological polar surface area (TPSA) is 61.4 Å². The van der Waals surface area contributed by atoms with E-state index in [4.69, 9.17) is 0 Å². The van der Waals surface area contributed by atoms with Crippen molar-refractivity contribution in [3.05, 3.63) is 28.7 Å². The molecule has 0 bridgehead atoms. The minimum Gasteiger partial charge on any atom is -0.321 e. The largest absolute Gasteiger partial charge is 0.344 e. The highest BCUT2D eigenvalue weighted by atomic mass is 79.9. The van der Waals surface area contributed by atoms with Crippen molar-refractivity contribution in [1.29, 1.82) is 0 Å². The van der Waals surface area contributed by atoms with Crippen LogP contribution >= 0.6 is 15.9 Å². The number of nitrogens with zero attached hydrogens (tertiary/aromatic N) is 1. The van der Waals surface area contributed by atoms with Gasteiger partial charge in [0.25, 0.3) is 5.91 Å². The van der Waals surface area contributed by atoms with Crippen molar-refractivity contribution in [2.75, 3.05) is 5.43 Å². The molecule has 1 saturated heterocycles. The van der Waals surface area contributed by atoms with E-state index in [1.54, 1.807) is 12.1 Å². The summed E-state index contributed by atoms with van der Waals surface area (Å²) in [6.07, 6.45) is 0.684. The number of hydrazine groups is 1. The lowest BCUT2D eigenvalue weighted by molar-refractivity contribution is -0.128. The molecule has 2 aliphatic rings. The zero-order valence-electron chi connectivity index (χ0n) is 10.7. The van der Waals surface area contributed by atoms with Crippen LogP contribution in [0.4, 0.5) is 10.5 Å². The van der Waals surface area contributed by atoms with Crippen LogP contribution in [0.2, 0.25) is 0 Å². The second-order valence-corrected chi connectivity index (χ2v) is 6.57. The number of amides is 3. The highest BCUT2D eigenvalue weighted by molar-refractivity contribution is 9.10. The lowest BCUT2D eigenvalue weighted by Crippen LogP contribution is -2.38. The quantitative estimate of drug-likeness (QED) is 0.822.